The van der Waals surface area contributed by atoms with E-state index in [0.717, 1.165) is 0 Å². The van der Waals surface area contributed by atoms with Crippen molar-refractivity contribution in [3.8, 4) is 0 Å². The molecular weight excluding hydrogens is 255 g/mol. The highest BCUT2D eigenvalue weighted by molar-refractivity contribution is 14.1. The maximum atomic E-state index is 3.63. The largest absolute Gasteiger partial charge is 0.143 e. The van der Waals surface area contributed by atoms with Crippen LogP contribution in [0.2, 0.25) is 0 Å². The normalized spacial score (nSPS) is 11.5. The van der Waals surface area contributed by atoms with Gasteiger partial charge in [0.1, 0.15) is 0 Å². The van der Waals surface area contributed by atoms with Crippen molar-refractivity contribution in [3.05, 3.63) is 41.1 Å². The highest BCUT2D eigenvalue weighted by atomic mass is 127. The Hall–Kier alpha value is -0.0900. The van der Waals surface area contributed by atoms with Gasteiger partial charge in [0.15, 0.2) is 0 Å². The van der Waals surface area contributed by atoms with Crippen molar-refractivity contribution in [1.29, 1.82) is 0 Å². The number of hydrogen-bond donors (Lipinski definition) is 0. The molecule has 0 aliphatic heterocycles. The molecule has 0 radical (unpaired) electrons. The Morgan fingerprint density at radius 1 is 1.70 bits per heavy atom. The van der Waals surface area contributed by atoms with Gasteiger partial charge in [0.25, 0.3) is 0 Å². The quantitative estimate of drug-likeness (QED) is 0.563. The van der Waals surface area contributed by atoms with Crippen molar-refractivity contribution < 1.29 is 0 Å². The minimum absolute atomic E-state index is 1.25. The van der Waals surface area contributed by atoms with Gasteiger partial charge in [-0.3, -0.25) is 0 Å². The highest BCUT2D eigenvalue weighted by Gasteiger charge is 1.94. The SMILES string of the molecule is C=C/C=C(\I)c1cccs1. The van der Waals surface area contributed by atoms with E-state index < -0.39 is 0 Å². The fourth-order valence-electron chi connectivity index (χ4n) is 0.600. The number of thiophene rings is 1. The van der Waals surface area contributed by atoms with Gasteiger partial charge in [-0.05, 0) is 40.1 Å². The Bertz CT molecular complexity index is 234. The summed E-state index contributed by atoms with van der Waals surface area (Å²) >= 11 is 4.05. The van der Waals surface area contributed by atoms with Gasteiger partial charge in [-0.25, -0.2) is 0 Å². The fraction of sp³-hybridized carbons (Fsp3) is 0. The van der Waals surface area contributed by atoms with E-state index in [1.807, 2.05) is 12.2 Å². The molecule has 0 spiro atoms. The molecule has 0 aromatic carbocycles. The van der Waals surface area contributed by atoms with Crippen molar-refractivity contribution in [2.45, 2.75) is 0 Å². The molecule has 10 heavy (non-hydrogen) atoms. The topological polar surface area (TPSA) is 0 Å². The molecule has 0 atom stereocenters. The standard InChI is InChI=1S/C8H7IS/c1-2-4-7(9)8-5-3-6-10-8/h2-6H,1H2/b7-4-. The van der Waals surface area contributed by atoms with Crippen molar-refractivity contribution in [2.75, 3.05) is 0 Å². The molecule has 0 unspecified atom stereocenters. The molecule has 0 nitrogen and oxygen atoms in total. The van der Waals surface area contributed by atoms with Crippen molar-refractivity contribution in [2.24, 2.45) is 0 Å². The highest BCUT2D eigenvalue weighted by Crippen LogP contribution is 2.25. The lowest BCUT2D eigenvalue weighted by Gasteiger charge is -1.88. The van der Waals surface area contributed by atoms with E-state index in [1.165, 1.54) is 8.46 Å². The molecule has 0 saturated carbocycles. The van der Waals surface area contributed by atoms with Gasteiger partial charge in [0.05, 0.1) is 0 Å². The Kier molecular flexibility index (Phi) is 3.15. The van der Waals surface area contributed by atoms with Gasteiger partial charge in [0, 0.05) is 8.46 Å². The van der Waals surface area contributed by atoms with E-state index in [-0.39, 0.29) is 0 Å². The van der Waals surface area contributed by atoms with Crippen LogP contribution in [-0.4, -0.2) is 0 Å². The lowest BCUT2D eigenvalue weighted by Crippen LogP contribution is -1.62. The lowest BCUT2D eigenvalue weighted by atomic mass is 10.4. The zero-order valence-electron chi connectivity index (χ0n) is 5.38. The van der Waals surface area contributed by atoms with Crippen molar-refractivity contribution in [1.82, 2.24) is 0 Å². The first-order valence-electron chi connectivity index (χ1n) is 2.86. The van der Waals surface area contributed by atoms with Gasteiger partial charge in [-0.2, -0.15) is 0 Å². The van der Waals surface area contributed by atoms with Gasteiger partial charge >= 0.3 is 0 Å². The molecule has 2 heteroatoms. The average Bonchev–Trinajstić information content (AvgIpc) is 2.38. The molecule has 0 saturated heterocycles. The maximum absolute atomic E-state index is 3.63. The van der Waals surface area contributed by atoms with E-state index in [4.69, 9.17) is 0 Å². The van der Waals surface area contributed by atoms with Crippen molar-refractivity contribution >= 4 is 37.5 Å². The van der Waals surface area contributed by atoms with Crippen molar-refractivity contribution in [3.63, 3.8) is 0 Å². The predicted molar refractivity (Wildman–Crippen MR) is 56.5 cm³/mol. The predicted octanol–water partition coefficient (Wildman–Crippen LogP) is 3.71. The van der Waals surface area contributed by atoms with Crippen LogP contribution in [0.1, 0.15) is 4.88 Å². The minimum atomic E-state index is 1.25. The number of allylic oxidation sites excluding steroid dienone is 2. The van der Waals surface area contributed by atoms with Crippen LogP contribution in [0.25, 0.3) is 3.58 Å². The maximum Gasteiger partial charge on any atom is 0.0403 e. The fourth-order valence-corrected chi connectivity index (χ4v) is 2.06. The second-order valence-electron chi connectivity index (χ2n) is 1.73. The van der Waals surface area contributed by atoms with Gasteiger partial charge in [-0.15, -0.1) is 11.3 Å². The van der Waals surface area contributed by atoms with Crippen LogP contribution >= 0.6 is 33.9 Å². The third kappa shape index (κ3) is 1.95. The molecule has 52 valence electrons. The first-order valence-corrected chi connectivity index (χ1v) is 4.82. The number of hydrogen-bond acceptors (Lipinski definition) is 1. The molecule has 0 bridgehead atoms. The van der Waals surface area contributed by atoms with Crippen LogP contribution in [0.5, 0.6) is 0 Å². The number of halogens is 1. The monoisotopic (exact) mass is 262 g/mol. The summed E-state index contributed by atoms with van der Waals surface area (Å²) in [4.78, 5) is 1.31. The Labute approximate surface area is 78.4 Å². The summed E-state index contributed by atoms with van der Waals surface area (Å²) in [5, 5.41) is 2.07. The Balaban J connectivity index is 2.86. The third-order valence-corrected chi connectivity index (χ3v) is 3.23. The zero-order chi connectivity index (χ0) is 7.40. The van der Waals surface area contributed by atoms with Crippen LogP contribution in [-0.2, 0) is 0 Å². The van der Waals surface area contributed by atoms with E-state index >= 15 is 0 Å². The molecule has 1 heterocycles. The number of rotatable bonds is 2. The van der Waals surface area contributed by atoms with E-state index in [2.05, 4.69) is 46.7 Å². The Morgan fingerprint density at radius 2 is 2.50 bits per heavy atom. The lowest BCUT2D eigenvalue weighted by molar-refractivity contribution is 1.93. The molecule has 1 rings (SSSR count). The summed E-state index contributed by atoms with van der Waals surface area (Å²) in [6.07, 6.45) is 3.81. The summed E-state index contributed by atoms with van der Waals surface area (Å²) in [6, 6.07) is 4.15. The molecule has 1 aromatic heterocycles. The van der Waals surface area contributed by atoms with Crippen LogP contribution < -0.4 is 0 Å². The molecular formula is C8H7IS. The molecule has 0 fully saturated rings. The minimum Gasteiger partial charge on any atom is -0.143 e. The van der Waals surface area contributed by atoms with E-state index in [0.29, 0.717) is 0 Å². The molecule has 0 amide bonds. The molecule has 0 aliphatic rings. The van der Waals surface area contributed by atoms with Crippen LogP contribution in [0.3, 0.4) is 0 Å². The smallest absolute Gasteiger partial charge is 0.0403 e. The molecule has 0 aliphatic carbocycles. The third-order valence-electron chi connectivity index (χ3n) is 1.02. The summed E-state index contributed by atoms with van der Waals surface area (Å²) in [5.41, 5.74) is 0. The first kappa shape index (κ1) is 8.01. The summed E-state index contributed by atoms with van der Waals surface area (Å²) < 4.78 is 1.25. The van der Waals surface area contributed by atoms with E-state index in [9.17, 15) is 0 Å². The average molecular weight is 262 g/mol. The van der Waals surface area contributed by atoms with Crippen LogP contribution in [0.4, 0.5) is 0 Å². The van der Waals surface area contributed by atoms with Crippen LogP contribution in [0.15, 0.2) is 36.2 Å². The second kappa shape index (κ2) is 3.93. The summed E-state index contributed by atoms with van der Waals surface area (Å²) in [6.45, 7) is 3.63. The van der Waals surface area contributed by atoms with Gasteiger partial charge in [0.2, 0.25) is 0 Å². The summed E-state index contributed by atoms with van der Waals surface area (Å²) in [7, 11) is 0. The van der Waals surface area contributed by atoms with E-state index in [1.54, 1.807) is 11.3 Å². The molecule has 0 N–H and O–H groups in total. The van der Waals surface area contributed by atoms with Gasteiger partial charge in [-0.1, -0.05) is 18.7 Å². The second-order valence-corrected chi connectivity index (χ2v) is 3.84. The summed E-state index contributed by atoms with van der Waals surface area (Å²) in [5.74, 6) is 0. The zero-order valence-corrected chi connectivity index (χ0v) is 8.35. The molecule has 1 aromatic rings. The van der Waals surface area contributed by atoms with Crippen LogP contribution in [0, 0.1) is 0 Å². The Morgan fingerprint density at radius 3 is 3.00 bits per heavy atom. The first-order chi connectivity index (χ1) is 4.84. The van der Waals surface area contributed by atoms with Gasteiger partial charge < -0.3 is 0 Å².